The summed E-state index contributed by atoms with van der Waals surface area (Å²) in [4.78, 5) is 14.0. The molecule has 2 bridgehead atoms. The zero-order chi connectivity index (χ0) is 18.3. The summed E-state index contributed by atoms with van der Waals surface area (Å²) in [5, 5.41) is 8.17. The molecule has 1 aromatic heterocycles. The fourth-order valence-electron chi connectivity index (χ4n) is 3.42. The monoisotopic (exact) mass is 394 g/mol. The van der Waals surface area contributed by atoms with Crippen molar-refractivity contribution >= 4 is 46.5 Å². The van der Waals surface area contributed by atoms with Gasteiger partial charge in [0, 0.05) is 0 Å². The number of pyridine rings is 1. The van der Waals surface area contributed by atoms with Crippen LogP contribution in [0.3, 0.4) is 0 Å². The van der Waals surface area contributed by atoms with Crippen molar-refractivity contribution < 1.29 is 14.6 Å². The summed E-state index contributed by atoms with van der Waals surface area (Å²) >= 11 is 16.6. The third kappa shape index (κ3) is 3.90. The second kappa shape index (κ2) is 6.87. The Morgan fingerprint density at radius 3 is 2.12 bits per heavy atom. The molecule has 24 heavy (non-hydrogen) atoms. The van der Waals surface area contributed by atoms with Gasteiger partial charge >= 0.3 is 5.97 Å². The lowest BCUT2D eigenvalue weighted by atomic mass is 9.69. The summed E-state index contributed by atoms with van der Waals surface area (Å²) in [6, 6.07) is 0. The fourth-order valence-corrected chi connectivity index (χ4v) is 4.01. The predicted molar refractivity (Wildman–Crippen MR) is 96.2 cm³/mol. The third-order valence-corrected chi connectivity index (χ3v) is 5.95. The van der Waals surface area contributed by atoms with Gasteiger partial charge in [-0.2, -0.15) is 0 Å². The summed E-state index contributed by atoms with van der Waals surface area (Å²) in [5.74, 6) is -0.486. The molecule has 5 nitrogen and oxygen atoms in total. The summed E-state index contributed by atoms with van der Waals surface area (Å²) in [5.41, 5.74) is 5.26. The Balaban J connectivity index is 0.000000175. The van der Waals surface area contributed by atoms with Crippen molar-refractivity contribution in [3.63, 3.8) is 0 Å². The van der Waals surface area contributed by atoms with E-state index in [2.05, 4.69) is 25.8 Å². The Kier molecular flexibility index (Phi) is 5.60. The molecule has 1 aromatic rings. The number of aromatic carboxylic acids is 1. The number of nitrogens with two attached hydrogens (primary N) is 1. The van der Waals surface area contributed by atoms with E-state index in [1.807, 2.05) is 0 Å². The van der Waals surface area contributed by atoms with E-state index in [0.29, 0.717) is 0 Å². The van der Waals surface area contributed by atoms with Gasteiger partial charge in [0.05, 0.1) is 21.9 Å². The minimum absolute atomic E-state index is 0.0448. The lowest BCUT2D eigenvalue weighted by Gasteiger charge is -2.54. The molecule has 2 aliphatic heterocycles. The van der Waals surface area contributed by atoms with Gasteiger partial charge in [-0.05, 0) is 52.4 Å². The van der Waals surface area contributed by atoms with E-state index in [-0.39, 0.29) is 32.1 Å². The summed E-state index contributed by atoms with van der Waals surface area (Å²) in [7, 11) is 0. The maximum absolute atomic E-state index is 10.5. The average molecular weight is 396 g/mol. The molecule has 3 aliphatic rings. The van der Waals surface area contributed by atoms with Crippen LogP contribution in [0.25, 0.3) is 0 Å². The van der Waals surface area contributed by atoms with Crippen LogP contribution in [0.4, 0.5) is 5.69 Å². The Morgan fingerprint density at radius 2 is 1.75 bits per heavy atom. The Labute approximate surface area is 156 Å². The highest BCUT2D eigenvalue weighted by molar-refractivity contribution is 6.46. The number of carboxylic acids is 1. The highest BCUT2D eigenvalue weighted by atomic mass is 35.5. The van der Waals surface area contributed by atoms with E-state index in [1.165, 1.54) is 25.7 Å². The molecule has 3 N–H and O–H groups in total. The first-order chi connectivity index (χ1) is 11.0. The van der Waals surface area contributed by atoms with E-state index in [4.69, 9.17) is 50.4 Å². The topological polar surface area (TPSA) is 85.4 Å². The standard InChI is InChI=1S/C10H18O.C6H3Cl3N2O2/c1-9(2)8-4-6-10(3,11-9)7-5-8;7-1-3(10)2(8)5(9)11-4(1)6(12)13/h8H,4-7H2,1-3H3;(H2,10,11)(H,12,13). The van der Waals surface area contributed by atoms with Crippen LogP contribution < -0.4 is 5.73 Å². The van der Waals surface area contributed by atoms with Crippen LogP contribution in [-0.2, 0) is 4.74 Å². The van der Waals surface area contributed by atoms with Crippen molar-refractivity contribution in [2.24, 2.45) is 5.92 Å². The molecule has 2 saturated heterocycles. The van der Waals surface area contributed by atoms with Crippen LogP contribution in [-0.4, -0.2) is 27.3 Å². The summed E-state index contributed by atoms with van der Waals surface area (Å²) < 4.78 is 6.06. The molecule has 0 amide bonds. The number of ether oxygens (including phenoxy) is 1. The normalized spacial score (nSPS) is 27.3. The minimum atomic E-state index is -1.31. The van der Waals surface area contributed by atoms with Crippen molar-refractivity contribution in [1.82, 2.24) is 4.98 Å². The second-order valence-corrected chi connectivity index (χ2v) is 8.14. The SMILES string of the molecule is CC12CCC(CC1)C(C)(C)O2.Nc1c(Cl)c(Cl)nc(C(=O)O)c1Cl. The number of anilines is 1. The molecule has 3 fully saturated rings. The highest BCUT2D eigenvalue weighted by Gasteiger charge is 2.48. The molecule has 1 aliphatic carbocycles. The number of halogens is 3. The number of carbonyl (C=O) groups is 1. The van der Waals surface area contributed by atoms with Crippen LogP contribution in [0.1, 0.15) is 56.9 Å². The molecule has 4 rings (SSSR count). The first-order valence-corrected chi connectivity index (χ1v) is 8.83. The Bertz CT molecular complexity index is 654. The largest absolute Gasteiger partial charge is 0.476 e. The van der Waals surface area contributed by atoms with Gasteiger partial charge in [0.25, 0.3) is 0 Å². The first kappa shape index (κ1) is 19.6. The zero-order valence-corrected chi connectivity index (χ0v) is 16.1. The number of nitrogens with zero attached hydrogens (tertiary/aromatic N) is 1. The van der Waals surface area contributed by atoms with E-state index in [1.54, 1.807) is 0 Å². The second-order valence-electron chi connectivity index (χ2n) is 7.03. The smallest absolute Gasteiger partial charge is 0.356 e. The lowest BCUT2D eigenvalue weighted by Crippen LogP contribution is -2.53. The van der Waals surface area contributed by atoms with Gasteiger partial charge in [-0.25, -0.2) is 9.78 Å². The van der Waals surface area contributed by atoms with E-state index in [9.17, 15) is 4.79 Å². The van der Waals surface area contributed by atoms with Gasteiger partial charge in [-0.15, -0.1) is 0 Å². The molecular formula is C16H21Cl3N2O3. The van der Waals surface area contributed by atoms with Crippen molar-refractivity contribution in [2.45, 2.75) is 57.7 Å². The van der Waals surface area contributed by atoms with Gasteiger partial charge in [0.1, 0.15) is 5.02 Å². The molecule has 1 saturated carbocycles. The van der Waals surface area contributed by atoms with Crippen LogP contribution in [0.5, 0.6) is 0 Å². The zero-order valence-electron chi connectivity index (χ0n) is 13.8. The highest BCUT2D eigenvalue weighted by Crippen LogP contribution is 2.49. The van der Waals surface area contributed by atoms with Crippen molar-refractivity contribution in [1.29, 1.82) is 0 Å². The summed E-state index contributed by atoms with van der Waals surface area (Å²) in [6.45, 7) is 6.76. The molecule has 0 spiro atoms. The van der Waals surface area contributed by atoms with E-state index < -0.39 is 11.7 Å². The van der Waals surface area contributed by atoms with Gasteiger partial charge in [-0.3, -0.25) is 0 Å². The molecule has 3 heterocycles. The number of hydrogen-bond donors (Lipinski definition) is 2. The molecular weight excluding hydrogens is 375 g/mol. The summed E-state index contributed by atoms with van der Waals surface area (Å²) in [6.07, 6.45) is 5.31. The number of aromatic nitrogens is 1. The molecule has 0 unspecified atom stereocenters. The molecule has 0 radical (unpaired) electrons. The number of hydrogen-bond acceptors (Lipinski definition) is 4. The number of rotatable bonds is 1. The molecule has 8 heteroatoms. The van der Waals surface area contributed by atoms with Gasteiger partial charge in [0.15, 0.2) is 10.8 Å². The van der Waals surface area contributed by atoms with Crippen molar-refractivity contribution in [3.8, 4) is 0 Å². The third-order valence-electron chi connectivity index (χ3n) is 4.81. The maximum Gasteiger partial charge on any atom is 0.356 e. The Morgan fingerprint density at radius 1 is 1.21 bits per heavy atom. The van der Waals surface area contributed by atoms with E-state index in [0.717, 1.165) is 5.92 Å². The Hall–Kier alpha value is -0.750. The van der Waals surface area contributed by atoms with Crippen LogP contribution in [0.2, 0.25) is 15.2 Å². The predicted octanol–water partition coefficient (Wildman–Crippen LogP) is 5.07. The number of fused-ring (bicyclic) bond motifs is 3. The van der Waals surface area contributed by atoms with Gasteiger partial charge < -0.3 is 15.6 Å². The molecule has 0 aromatic carbocycles. The number of nitrogen functional groups attached to an aromatic ring is 1. The molecule has 0 atom stereocenters. The number of carboxylic acid groups (broad SMARTS) is 1. The van der Waals surface area contributed by atoms with Crippen molar-refractivity contribution in [2.75, 3.05) is 5.73 Å². The quantitative estimate of drug-likeness (QED) is 0.649. The molecule has 134 valence electrons. The van der Waals surface area contributed by atoms with Crippen LogP contribution in [0, 0.1) is 5.92 Å². The van der Waals surface area contributed by atoms with Gasteiger partial charge in [0.2, 0.25) is 0 Å². The fraction of sp³-hybridized carbons (Fsp3) is 0.625. The van der Waals surface area contributed by atoms with E-state index >= 15 is 0 Å². The maximum atomic E-state index is 10.5. The first-order valence-electron chi connectivity index (χ1n) is 7.70. The van der Waals surface area contributed by atoms with Crippen LogP contribution in [0.15, 0.2) is 0 Å². The van der Waals surface area contributed by atoms with Crippen LogP contribution >= 0.6 is 34.8 Å². The van der Waals surface area contributed by atoms with Gasteiger partial charge in [-0.1, -0.05) is 34.8 Å². The minimum Gasteiger partial charge on any atom is -0.476 e. The van der Waals surface area contributed by atoms with Crippen molar-refractivity contribution in [3.05, 3.63) is 20.9 Å². The lowest BCUT2D eigenvalue weighted by molar-refractivity contribution is -0.229. The average Bonchev–Trinajstić information content (AvgIpc) is 2.48.